The first-order valence-electron chi connectivity index (χ1n) is 8.22. The SMILES string of the molecule is COc1ccc(CNc2nnc(SC(C)C(=O)c3ccc(Cl)cc3)s2)cc1. The van der Waals surface area contributed by atoms with E-state index >= 15 is 0 Å². The Morgan fingerprint density at radius 1 is 1.19 bits per heavy atom. The van der Waals surface area contributed by atoms with Gasteiger partial charge in [-0.05, 0) is 48.9 Å². The quantitative estimate of drug-likeness (QED) is 0.401. The summed E-state index contributed by atoms with van der Waals surface area (Å²) in [4.78, 5) is 12.5. The van der Waals surface area contributed by atoms with Crippen LogP contribution in [0.1, 0.15) is 22.8 Å². The third-order valence-corrected chi connectivity index (χ3v) is 6.10. The molecule has 0 aliphatic rings. The highest BCUT2D eigenvalue weighted by Gasteiger charge is 2.18. The number of nitrogens with zero attached hydrogens (tertiary/aromatic N) is 2. The number of ether oxygens (including phenoxy) is 1. The summed E-state index contributed by atoms with van der Waals surface area (Å²) in [7, 11) is 1.65. The van der Waals surface area contributed by atoms with Crippen LogP contribution in [-0.4, -0.2) is 28.3 Å². The van der Waals surface area contributed by atoms with E-state index in [0.717, 1.165) is 20.8 Å². The van der Waals surface area contributed by atoms with Crippen LogP contribution >= 0.6 is 34.7 Å². The van der Waals surface area contributed by atoms with Crippen molar-refractivity contribution in [3.05, 3.63) is 64.7 Å². The van der Waals surface area contributed by atoms with Crippen molar-refractivity contribution in [2.24, 2.45) is 0 Å². The van der Waals surface area contributed by atoms with Crippen LogP contribution in [0, 0.1) is 0 Å². The molecule has 0 aliphatic carbocycles. The molecule has 0 amide bonds. The molecule has 2 aromatic carbocycles. The van der Waals surface area contributed by atoms with Crippen LogP contribution in [0.2, 0.25) is 5.02 Å². The largest absolute Gasteiger partial charge is 0.497 e. The van der Waals surface area contributed by atoms with E-state index in [4.69, 9.17) is 16.3 Å². The molecule has 27 heavy (non-hydrogen) atoms. The molecule has 0 saturated carbocycles. The van der Waals surface area contributed by atoms with Crippen LogP contribution in [0.4, 0.5) is 5.13 Å². The molecule has 0 aliphatic heterocycles. The fourth-order valence-corrected chi connectivity index (χ4v) is 4.40. The zero-order valence-electron chi connectivity index (χ0n) is 14.8. The number of methoxy groups -OCH3 is 1. The second-order valence-corrected chi connectivity index (χ2v) is 8.71. The lowest BCUT2D eigenvalue weighted by Gasteiger charge is -2.07. The van der Waals surface area contributed by atoms with Crippen molar-refractivity contribution in [2.75, 3.05) is 12.4 Å². The van der Waals surface area contributed by atoms with E-state index in [1.54, 1.807) is 31.4 Å². The number of aromatic nitrogens is 2. The fourth-order valence-electron chi connectivity index (χ4n) is 2.30. The summed E-state index contributed by atoms with van der Waals surface area (Å²) in [5.41, 5.74) is 1.76. The Morgan fingerprint density at radius 2 is 1.89 bits per heavy atom. The molecule has 0 spiro atoms. The van der Waals surface area contributed by atoms with Gasteiger partial charge in [-0.25, -0.2) is 0 Å². The maximum Gasteiger partial charge on any atom is 0.206 e. The maximum atomic E-state index is 12.5. The highest BCUT2D eigenvalue weighted by Crippen LogP contribution is 2.30. The van der Waals surface area contributed by atoms with Crippen molar-refractivity contribution in [3.63, 3.8) is 0 Å². The van der Waals surface area contributed by atoms with Crippen LogP contribution in [0.15, 0.2) is 52.9 Å². The Morgan fingerprint density at radius 3 is 2.56 bits per heavy atom. The van der Waals surface area contributed by atoms with Crippen LogP contribution in [0.25, 0.3) is 0 Å². The number of carbonyl (C=O) groups excluding carboxylic acids is 1. The van der Waals surface area contributed by atoms with Gasteiger partial charge in [0.15, 0.2) is 10.1 Å². The summed E-state index contributed by atoms with van der Waals surface area (Å²) in [6.45, 7) is 2.51. The normalized spacial score (nSPS) is 11.8. The Bertz CT molecular complexity index is 898. The van der Waals surface area contributed by atoms with Gasteiger partial charge in [-0.15, -0.1) is 10.2 Å². The van der Waals surface area contributed by atoms with E-state index in [0.29, 0.717) is 17.1 Å². The lowest BCUT2D eigenvalue weighted by atomic mass is 10.1. The number of benzene rings is 2. The number of halogens is 1. The highest BCUT2D eigenvalue weighted by atomic mass is 35.5. The van der Waals surface area contributed by atoms with Gasteiger partial charge in [0.1, 0.15) is 5.75 Å². The zero-order valence-corrected chi connectivity index (χ0v) is 17.2. The van der Waals surface area contributed by atoms with E-state index < -0.39 is 0 Å². The molecule has 8 heteroatoms. The monoisotopic (exact) mass is 419 g/mol. The van der Waals surface area contributed by atoms with E-state index in [2.05, 4.69) is 15.5 Å². The van der Waals surface area contributed by atoms with E-state index in [1.807, 2.05) is 31.2 Å². The molecule has 1 heterocycles. The minimum absolute atomic E-state index is 0.0413. The minimum atomic E-state index is -0.256. The highest BCUT2D eigenvalue weighted by molar-refractivity contribution is 8.02. The summed E-state index contributed by atoms with van der Waals surface area (Å²) >= 11 is 8.71. The number of carbonyl (C=O) groups is 1. The van der Waals surface area contributed by atoms with Gasteiger partial charge < -0.3 is 10.1 Å². The summed E-state index contributed by atoms with van der Waals surface area (Å²) in [6, 6.07) is 14.7. The van der Waals surface area contributed by atoms with Crippen molar-refractivity contribution in [1.82, 2.24) is 10.2 Å². The molecule has 3 aromatic rings. The standard InChI is InChI=1S/C19H18ClN3O2S2/c1-12(17(24)14-5-7-15(20)8-6-14)26-19-23-22-18(27-19)21-11-13-3-9-16(25-2)10-4-13/h3-10,12H,11H2,1-2H3,(H,21,22). The van der Waals surface area contributed by atoms with Gasteiger partial charge in [0.05, 0.1) is 12.4 Å². The Hall–Kier alpha value is -2.09. The number of anilines is 1. The molecule has 5 nitrogen and oxygen atoms in total. The van der Waals surface area contributed by atoms with Gasteiger partial charge in [0.25, 0.3) is 0 Å². The third-order valence-electron chi connectivity index (χ3n) is 3.78. The zero-order chi connectivity index (χ0) is 19.2. The second-order valence-electron chi connectivity index (χ2n) is 5.71. The Kier molecular flexibility index (Phi) is 6.71. The number of rotatable bonds is 8. The lowest BCUT2D eigenvalue weighted by molar-refractivity contribution is 0.0994. The summed E-state index contributed by atoms with van der Waals surface area (Å²) < 4.78 is 5.90. The summed E-state index contributed by atoms with van der Waals surface area (Å²) in [5.74, 6) is 0.868. The number of thioether (sulfide) groups is 1. The van der Waals surface area contributed by atoms with Crippen molar-refractivity contribution >= 4 is 45.6 Å². The first kappa shape index (κ1) is 19.7. The van der Waals surface area contributed by atoms with E-state index in [9.17, 15) is 4.79 Å². The minimum Gasteiger partial charge on any atom is -0.497 e. The van der Waals surface area contributed by atoms with Gasteiger partial charge in [-0.2, -0.15) is 0 Å². The fraction of sp³-hybridized carbons (Fsp3) is 0.211. The Balaban J connectivity index is 1.55. The average Bonchev–Trinajstić information content (AvgIpc) is 3.14. The van der Waals surface area contributed by atoms with Crippen LogP contribution in [-0.2, 0) is 6.54 Å². The number of ketones is 1. The molecular formula is C19H18ClN3O2S2. The topological polar surface area (TPSA) is 64.1 Å². The lowest BCUT2D eigenvalue weighted by Crippen LogP contribution is -2.13. The molecule has 140 valence electrons. The van der Waals surface area contributed by atoms with Crippen molar-refractivity contribution in [3.8, 4) is 5.75 Å². The molecule has 0 fully saturated rings. The van der Waals surface area contributed by atoms with Gasteiger partial charge in [0, 0.05) is 17.1 Å². The average molecular weight is 420 g/mol. The molecule has 0 saturated heterocycles. The summed E-state index contributed by atoms with van der Waals surface area (Å²) in [5, 5.41) is 12.6. The van der Waals surface area contributed by atoms with E-state index in [1.165, 1.54) is 23.1 Å². The summed E-state index contributed by atoms with van der Waals surface area (Å²) in [6.07, 6.45) is 0. The molecular weight excluding hydrogens is 402 g/mol. The molecule has 3 rings (SSSR count). The third kappa shape index (κ3) is 5.45. The predicted molar refractivity (Wildman–Crippen MR) is 111 cm³/mol. The molecule has 0 bridgehead atoms. The van der Waals surface area contributed by atoms with Crippen molar-refractivity contribution in [1.29, 1.82) is 0 Å². The molecule has 1 unspecified atom stereocenters. The van der Waals surface area contributed by atoms with Crippen molar-refractivity contribution < 1.29 is 9.53 Å². The number of hydrogen-bond donors (Lipinski definition) is 1. The number of hydrogen-bond acceptors (Lipinski definition) is 7. The molecule has 0 radical (unpaired) electrons. The van der Waals surface area contributed by atoms with Gasteiger partial charge >= 0.3 is 0 Å². The van der Waals surface area contributed by atoms with Crippen molar-refractivity contribution in [2.45, 2.75) is 23.1 Å². The van der Waals surface area contributed by atoms with Gasteiger partial charge in [-0.3, -0.25) is 4.79 Å². The number of nitrogens with one attached hydrogen (secondary N) is 1. The Labute approximate surface area is 171 Å². The number of Topliss-reactive ketones (excluding diaryl/α,β-unsaturated/α-hetero) is 1. The first-order valence-corrected chi connectivity index (χ1v) is 10.3. The molecule has 1 atom stereocenters. The first-order chi connectivity index (χ1) is 13.0. The van der Waals surface area contributed by atoms with Crippen LogP contribution in [0.5, 0.6) is 5.75 Å². The van der Waals surface area contributed by atoms with E-state index in [-0.39, 0.29) is 11.0 Å². The molecule has 1 N–H and O–H groups in total. The van der Waals surface area contributed by atoms with Crippen LogP contribution in [0.3, 0.4) is 0 Å². The molecule has 1 aromatic heterocycles. The van der Waals surface area contributed by atoms with Crippen LogP contribution < -0.4 is 10.1 Å². The van der Waals surface area contributed by atoms with Gasteiger partial charge in [0.2, 0.25) is 5.13 Å². The second kappa shape index (κ2) is 9.21. The smallest absolute Gasteiger partial charge is 0.206 e. The predicted octanol–water partition coefficient (Wildman–Crippen LogP) is 5.18. The maximum absolute atomic E-state index is 12.5. The van der Waals surface area contributed by atoms with Gasteiger partial charge in [-0.1, -0.05) is 46.8 Å².